The summed E-state index contributed by atoms with van der Waals surface area (Å²) >= 11 is 0. The number of halogens is 1. The van der Waals surface area contributed by atoms with E-state index in [1.54, 1.807) is 55.4 Å². The number of benzene rings is 2. The maximum absolute atomic E-state index is 14.4. The fourth-order valence-electron chi connectivity index (χ4n) is 3.28. The fourth-order valence-corrected chi connectivity index (χ4v) is 3.28. The van der Waals surface area contributed by atoms with Crippen LogP contribution < -0.4 is 14.8 Å². The third kappa shape index (κ3) is 4.56. The van der Waals surface area contributed by atoms with E-state index in [4.69, 9.17) is 9.47 Å². The number of carbonyl (C=O) groups is 1. The number of ether oxygens (including phenoxy) is 2. The number of methoxy groups -OCH3 is 2. The number of aryl methyl sites for hydroxylation is 2. The van der Waals surface area contributed by atoms with Crippen molar-refractivity contribution in [2.75, 3.05) is 14.2 Å². The van der Waals surface area contributed by atoms with Gasteiger partial charge in [-0.15, -0.1) is 0 Å². The van der Waals surface area contributed by atoms with Crippen molar-refractivity contribution in [2.45, 2.75) is 18.9 Å². The molecule has 0 aliphatic carbocycles. The summed E-state index contributed by atoms with van der Waals surface area (Å²) in [6, 6.07) is 11.2. The zero-order chi connectivity index (χ0) is 20.8. The number of nitrogens with one attached hydrogen (secondary N) is 1. The van der Waals surface area contributed by atoms with E-state index in [-0.39, 0.29) is 12.3 Å². The van der Waals surface area contributed by atoms with Gasteiger partial charge in [0, 0.05) is 31.4 Å². The van der Waals surface area contributed by atoms with Crippen LogP contribution in [0.3, 0.4) is 0 Å². The molecule has 1 amide bonds. The Labute approximate surface area is 169 Å². The number of carbonyl (C=O) groups excluding carboxylic acids is 1. The van der Waals surface area contributed by atoms with Gasteiger partial charge < -0.3 is 19.4 Å². The number of imidazole rings is 1. The van der Waals surface area contributed by atoms with Gasteiger partial charge in [0.2, 0.25) is 5.91 Å². The molecule has 7 heteroatoms. The molecule has 0 aliphatic rings. The maximum Gasteiger partial charge on any atom is 0.221 e. The normalized spacial score (nSPS) is 11.7. The van der Waals surface area contributed by atoms with Gasteiger partial charge >= 0.3 is 0 Å². The Kier molecular flexibility index (Phi) is 6.49. The van der Waals surface area contributed by atoms with Crippen LogP contribution in [0.4, 0.5) is 4.39 Å². The number of para-hydroxylation sites is 1. The molecule has 0 aliphatic heterocycles. The molecule has 0 saturated heterocycles. The molecular formula is C22H24FN3O3. The van der Waals surface area contributed by atoms with Crippen LogP contribution in [0.2, 0.25) is 0 Å². The average molecular weight is 397 g/mol. The molecule has 1 unspecified atom stereocenters. The number of nitrogens with zero attached hydrogens (tertiary/aromatic N) is 2. The zero-order valence-corrected chi connectivity index (χ0v) is 16.7. The highest BCUT2D eigenvalue weighted by molar-refractivity contribution is 5.77. The van der Waals surface area contributed by atoms with Gasteiger partial charge in [0.25, 0.3) is 0 Å². The number of hydrogen-bond acceptors (Lipinski definition) is 4. The van der Waals surface area contributed by atoms with Crippen molar-refractivity contribution in [3.63, 3.8) is 0 Å². The van der Waals surface area contributed by atoms with Gasteiger partial charge in [0.15, 0.2) is 11.5 Å². The molecule has 0 bridgehead atoms. The third-order valence-electron chi connectivity index (χ3n) is 4.74. The maximum atomic E-state index is 14.4. The SMILES string of the molecule is COc1cccc(CCC(=O)NC(c2ccccc2F)c2nccn2C)c1OC. The van der Waals surface area contributed by atoms with Gasteiger partial charge in [-0.25, -0.2) is 9.37 Å². The molecule has 2 aromatic carbocycles. The van der Waals surface area contributed by atoms with Crippen LogP contribution in [0, 0.1) is 5.82 Å². The lowest BCUT2D eigenvalue weighted by Crippen LogP contribution is -2.31. The van der Waals surface area contributed by atoms with Gasteiger partial charge in [-0.05, 0) is 24.1 Å². The summed E-state index contributed by atoms with van der Waals surface area (Å²) in [5.74, 6) is 1.17. The van der Waals surface area contributed by atoms with Gasteiger partial charge in [-0.3, -0.25) is 4.79 Å². The van der Waals surface area contributed by atoms with Gasteiger partial charge in [-0.1, -0.05) is 30.3 Å². The second kappa shape index (κ2) is 9.23. The highest BCUT2D eigenvalue weighted by atomic mass is 19.1. The predicted octanol–water partition coefficient (Wildman–Crippen LogP) is 3.41. The van der Waals surface area contributed by atoms with Crippen molar-refractivity contribution in [3.05, 3.63) is 77.6 Å². The second-order valence-corrected chi connectivity index (χ2v) is 6.57. The fraction of sp³-hybridized carbons (Fsp3) is 0.273. The molecule has 1 N–H and O–H groups in total. The Balaban J connectivity index is 1.78. The topological polar surface area (TPSA) is 65.4 Å². The molecule has 29 heavy (non-hydrogen) atoms. The van der Waals surface area contributed by atoms with Crippen LogP contribution in [0.15, 0.2) is 54.9 Å². The monoisotopic (exact) mass is 397 g/mol. The molecule has 3 rings (SSSR count). The van der Waals surface area contributed by atoms with Crippen molar-refractivity contribution >= 4 is 5.91 Å². The minimum atomic E-state index is -0.684. The van der Waals surface area contributed by atoms with Crippen LogP contribution in [-0.4, -0.2) is 29.7 Å². The summed E-state index contributed by atoms with van der Waals surface area (Å²) in [7, 11) is 4.94. The van der Waals surface area contributed by atoms with Crippen molar-refractivity contribution in [3.8, 4) is 11.5 Å². The Morgan fingerprint density at radius 3 is 2.62 bits per heavy atom. The van der Waals surface area contributed by atoms with Crippen molar-refractivity contribution in [1.29, 1.82) is 0 Å². The molecule has 0 saturated carbocycles. The van der Waals surface area contributed by atoms with E-state index in [1.807, 2.05) is 19.2 Å². The molecule has 6 nitrogen and oxygen atoms in total. The summed E-state index contributed by atoms with van der Waals surface area (Å²) < 4.78 is 26.9. The Morgan fingerprint density at radius 2 is 1.97 bits per heavy atom. The molecule has 1 aromatic heterocycles. The summed E-state index contributed by atoms with van der Waals surface area (Å²) in [5.41, 5.74) is 1.23. The lowest BCUT2D eigenvalue weighted by Gasteiger charge is -2.20. The van der Waals surface area contributed by atoms with Crippen molar-refractivity contribution in [1.82, 2.24) is 14.9 Å². The van der Waals surface area contributed by atoms with E-state index < -0.39 is 11.9 Å². The first kappa shape index (κ1) is 20.4. The largest absolute Gasteiger partial charge is 0.493 e. The van der Waals surface area contributed by atoms with Crippen LogP contribution >= 0.6 is 0 Å². The minimum Gasteiger partial charge on any atom is -0.493 e. The van der Waals surface area contributed by atoms with Crippen LogP contribution in [0.25, 0.3) is 0 Å². The predicted molar refractivity (Wildman–Crippen MR) is 107 cm³/mol. The number of rotatable bonds is 8. The number of hydrogen-bond donors (Lipinski definition) is 1. The average Bonchev–Trinajstić information content (AvgIpc) is 3.16. The van der Waals surface area contributed by atoms with E-state index in [0.29, 0.717) is 29.3 Å². The molecule has 152 valence electrons. The number of aromatic nitrogens is 2. The summed E-state index contributed by atoms with van der Waals surface area (Å²) in [4.78, 5) is 17.0. The molecule has 1 atom stereocenters. The Hall–Kier alpha value is -3.35. The first-order chi connectivity index (χ1) is 14.0. The van der Waals surface area contributed by atoms with Gasteiger partial charge in [0.1, 0.15) is 17.7 Å². The summed E-state index contributed by atoms with van der Waals surface area (Å²) in [6.07, 6.45) is 4.04. The van der Waals surface area contributed by atoms with E-state index in [0.717, 1.165) is 5.56 Å². The summed E-state index contributed by atoms with van der Waals surface area (Å²) in [6.45, 7) is 0. The Morgan fingerprint density at radius 1 is 1.17 bits per heavy atom. The number of amides is 1. The highest BCUT2D eigenvalue weighted by Gasteiger charge is 2.23. The lowest BCUT2D eigenvalue weighted by molar-refractivity contribution is -0.121. The molecular weight excluding hydrogens is 373 g/mol. The summed E-state index contributed by atoms with van der Waals surface area (Å²) in [5, 5.41) is 2.92. The first-order valence-electron chi connectivity index (χ1n) is 9.26. The molecule has 0 radical (unpaired) electrons. The molecule has 0 fully saturated rings. The van der Waals surface area contributed by atoms with E-state index in [9.17, 15) is 9.18 Å². The minimum absolute atomic E-state index is 0.207. The van der Waals surface area contributed by atoms with Gasteiger partial charge in [0.05, 0.1) is 14.2 Å². The first-order valence-corrected chi connectivity index (χ1v) is 9.26. The zero-order valence-electron chi connectivity index (χ0n) is 16.7. The standard InChI is InChI=1S/C22H24FN3O3/c1-26-14-13-24-22(26)20(16-8-4-5-9-17(16)23)25-19(27)12-11-15-7-6-10-18(28-2)21(15)29-3/h4-10,13-14,20H,11-12H2,1-3H3,(H,25,27). The molecule has 1 heterocycles. The molecule has 0 spiro atoms. The quantitative estimate of drug-likeness (QED) is 0.633. The lowest BCUT2D eigenvalue weighted by atomic mass is 10.0. The van der Waals surface area contributed by atoms with Crippen molar-refractivity contribution in [2.24, 2.45) is 7.05 Å². The van der Waals surface area contributed by atoms with E-state index >= 15 is 0 Å². The molecule has 3 aromatic rings. The van der Waals surface area contributed by atoms with Gasteiger partial charge in [-0.2, -0.15) is 0 Å². The second-order valence-electron chi connectivity index (χ2n) is 6.57. The highest BCUT2D eigenvalue weighted by Crippen LogP contribution is 2.31. The van der Waals surface area contributed by atoms with Crippen LogP contribution in [0.5, 0.6) is 11.5 Å². The Bertz CT molecular complexity index is 987. The van der Waals surface area contributed by atoms with Crippen LogP contribution in [0.1, 0.15) is 29.4 Å². The third-order valence-corrected chi connectivity index (χ3v) is 4.74. The van der Waals surface area contributed by atoms with Crippen LogP contribution in [-0.2, 0) is 18.3 Å². The van der Waals surface area contributed by atoms with Crippen molar-refractivity contribution < 1.29 is 18.7 Å². The van der Waals surface area contributed by atoms with E-state index in [1.165, 1.54) is 6.07 Å². The smallest absolute Gasteiger partial charge is 0.221 e. The van der Waals surface area contributed by atoms with E-state index in [2.05, 4.69) is 10.3 Å².